The van der Waals surface area contributed by atoms with Crippen LogP contribution in [0.3, 0.4) is 0 Å². The molecule has 2 aliphatic heterocycles. The maximum atomic E-state index is 12.0. The third-order valence-electron chi connectivity index (χ3n) is 3.67. The molecule has 22 heavy (non-hydrogen) atoms. The first-order valence-corrected chi connectivity index (χ1v) is 8.24. The van der Waals surface area contributed by atoms with Gasteiger partial charge in [-0.05, 0) is 23.3 Å². The van der Waals surface area contributed by atoms with Crippen LogP contribution in [0.1, 0.15) is 16.4 Å². The van der Waals surface area contributed by atoms with Crippen LogP contribution in [0.2, 0.25) is 5.02 Å². The summed E-state index contributed by atoms with van der Waals surface area (Å²) in [6.45, 7) is 0.204. The highest BCUT2D eigenvalue weighted by Gasteiger charge is 2.28. The highest BCUT2D eigenvalue weighted by molar-refractivity contribution is 8.00. The summed E-state index contributed by atoms with van der Waals surface area (Å²) in [6.07, 6.45) is 0. The lowest BCUT2D eigenvalue weighted by Crippen LogP contribution is -2.12. The van der Waals surface area contributed by atoms with Crippen molar-refractivity contribution in [1.82, 2.24) is 0 Å². The molecule has 6 heteroatoms. The van der Waals surface area contributed by atoms with E-state index in [1.807, 2.05) is 36.4 Å². The van der Waals surface area contributed by atoms with Crippen LogP contribution in [0, 0.1) is 0 Å². The van der Waals surface area contributed by atoms with Gasteiger partial charge in [-0.15, -0.1) is 11.8 Å². The van der Waals surface area contributed by atoms with E-state index in [4.69, 9.17) is 21.1 Å². The van der Waals surface area contributed by atoms with Gasteiger partial charge in [0.1, 0.15) is 0 Å². The summed E-state index contributed by atoms with van der Waals surface area (Å²) in [4.78, 5) is 12.0. The molecule has 1 N–H and O–H groups in total. The van der Waals surface area contributed by atoms with Gasteiger partial charge in [0.15, 0.2) is 11.5 Å². The Kier molecular flexibility index (Phi) is 3.39. The van der Waals surface area contributed by atoms with E-state index in [1.165, 1.54) is 0 Å². The lowest BCUT2D eigenvalue weighted by atomic mass is 10.0. The number of fused-ring (bicyclic) bond motifs is 2. The second kappa shape index (κ2) is 5.41. The highest BCUT2D eigenvalue weighted by atomic mass is 35.5. The molecule has 2 aliphatic rings. The summed E-state index contributed by atoms with van der Waals surface area (Å²) in [5.41, 5.74) is 2.73. The molecule has 1 atom stereocenters. The molecule has 2 aromatic rings. The number of benzene rings is 2. The van der Waals surface area contributed by atoms with E-state index in [0.717, 1.165) is 16.8 Å². The number of carbonyl (C=O) groups excluding carboxylic acids is 1. The number of hydrogen-bond acceptors (Lipinski definition) is 4. The van der Waals surface area contributed by atoms with Crippen LogP contribution in [0.5, 0.6) is 11.5 Å². The Morgan fingerprint density at radius 2 is 1.91 bits per heavy atom. The van der Waals surface area contributed by atoms with Gasteiger partial charge in [-0.2, -0.15) is 0 Å². The molecule has 0 aliphatic carbocycles. The summed E-state index contributed by atoms with van der Waals surface area (Å²) in [6, 6.07) is 11.5. The molecular formula is C16H12ClNO3S. The van der Waals surface area contributed by atoms with Crippen molar-refractivity contribution in [2.45, 2.75) is 5.25 Å². The van der Waals surface area contributed by atoms with Gasteiger partial charge >= 0.3 is 0 Å². The van der Waals surface area contributed by atoms with Crippen LogP contribution in [-0.4, -0.2) is 18.5 Å². The summed E-state index contributed by atoms with van der Waals surface area (Å²) in [5, 5.41) is 3.60. The number of nitrogens with one attached hydrogen (secondary N) is 1. The predicted molar refractivity (Wildman–Crippen MR) is 86.9 cm³/mol. The molecule has 0 fully saturated rings. The molecule has 1 unspecified atom stereocenters. The zero-order chi connectivity index (χ0) is 15.1. The van der Waals surface area contributed by atoms with Gasteiger partial charge in [0.05, 0.1) is 11.0 Å². The van der Waals surface area contributed by atoms with Gasteiger partial charge in [0.2, 0.25) is 12.7 Å². The van der Waals surface area contributed by atoms with Crippen molar-refractivity contribution in [3.63, 3.8) is 0 Å². The first-order chi connectivity index (χ1) is 10.7. The minimum Gasteiger partial charge on any atom is -0.454 e. The molecule has 4 rings (SSSR count). The normalized spacial score (nSPS) is 19.3. The summed E-state index contributed by atoms with van der Waals surface area (Å²) in [5.74, 6) is 1.70. The van der Waals surface area contributed by atoms with Gasteiger partial charge < -0.3 is 14.8 Å². The first kappa shape index (κ1) is 13.8. The zero-order valence-electron chi connectivity index (χ0n) is 11.5. The van der Waals surface area contributed by atoms with Crippen LogP contribution in [-0.2, 0) is 4.79 Å². The van der Waals surface area contributed by atoms with Crippen molar-refractivity contribution in [3.8, 4) is 11.5 Å². The van der Waals surface area contributed by atoms with Gasteiger partial charge in [-0.25, -0.2) is 0 Å². The van der Waals surface area contributed by atoms with E-state index < -0.39 is 0 Å². The molecular weight excluding hydrogens is 322 g/mol. The fraction of sp³-hybridized carbons (Fsp3) is 0.188. The Balaban J connectivity index is 1.88. The standard InChI is InChI=1S/C16H12ClNO3S/c17-11-4-2-1-3-9(11)16-10-5-13-14(21-8-20-13)6-12(10)18-15(19)7-22-16/h1-6,16H,7-8H2,(H,18,19). The fourth-order valence-electron chi connectivity index (χ4n) is 2.66. The highest BCUT2D eigenvalue weighted by Crippen LogP contribution is 2.48. The molecule has 0 radical (unpaired) electrons. The zero-order valence-corrected chi connectivity index (χ0v) is 13.0. The van der Waals surface area contributed by atoms with Crippen molar-refractivity contribution in [3.05, 3.63) is 52.5 Å². The van der Waals surface area contributed by atoms with E-state index in [0.29, 0.717) is 22.3 Å². The quantitative estimate of drug-likeness (QED) is 0.861. The lowest BCUT2D eigenvalue weighted by Gasteiger charge is -2.18. The van der Waals surface area contributed by atoms with Gasteiger partial charge in [-0.1, -0.05) is 29.8 Å². The molecule has 1 amide bonds. The van der Waals surface area contributed by atoms with Gasteiger partial charge in [0, 0.05) is 16.8 Å². The van der Waals surface area contributed by atoms with Crippen LogP contribution in [0.15, 0.2) is 36.4 Å². The monoisotopic (exact) mass is 333 g/mol. The molecule has 0 saturated carbocycles. The summed E-state index contributed by atoms with van der Waals surface area (Å²) >= 11 is 7.91. The molecule has 4 nitrogen and oxygen atoms in total. The Morgan fingerprint density at radius 1 is 1.14 bits per heavy atom. The Hall–Kier alpha value is -1.85. The number of rotatable bonds is 1. The average Bonchev–Trinajstić information content (AvgIpc) is 2.89. The first-order valence-electron chi connectivity index (χ1n) is 6.82. The molecule has 0 saturated heterocycles. The van der Waals surface area contributed by atoms with Crippen LogP contribution in [0.25, 0.3) is 0 Å². The summed E-state index contributed by atoms with van der Waals surface area (Å²) < 4.78 is 10.9. The van der Waals surface area contributed by atoms with E-state index in [2.05, 4.69) is 5.32 Å². The third kappa shape index (κ3) is 2.30. The number of amides is 1. The number of anilines is 1. The maximum absolute atomic E-state index is 12.0. The van der Waals surface area contributed by atoms with Crippen molar-refractivity contribution in [2.24, 2.45) is 0 Å². The Bertz CT molecular complexity index is 765. The van der Waals surface area contributed by atoms with Crippen molar-refractivity contribution < 1.29 is 14.3 Å². The molecule has 2 aromatic carbocycles. The minimum absolute atomic E-state index is 0.0281. The Labute approximate surface area is 136 Å². The second-order valence-corrected chi connectivity index (χ2v) is 6.55. The molecule has 0 aromatic heterocycles. The van der Waals surface area contributed by atoms with Crippen LogP contribution >= 0.6 is 23.4 Å². The van der Waals surface area contributed by atoms with Crippen molar-refractivity contribution >= 4 is 35.0 Å². The fourth-order valence-corrected chi connectivity index (χ4v) is 4.12. The number of thioether (sulfide) groups is 1. The summed E-state index contributed by atoms with van der Waals surface area (Å²) in [7, 11) is 0. The number of ether oxygens (including phenoxy) is 2. The minimum atomic E-state index is -0.0304. The SMILES string of the molecule is O=C1CSC(c2ccccc2Cl)c2cc3c(cc2N1)OCO3. The molecule has 0 bridgehead atoms. The average molecular weight is 334 g/mol. The number of carbonyl (C=O) groups is 1. The van der Waals surface area contributed by atoms with Gasteiger partial charge in [-0.3, -0.25) is 4.79 Å². The second-order valence-electron chi connectivity index (χ2n) is 5.05. The van der Waals surface area contributed by atoms with E-state index >= 15 is 0 Å². The van der Waals surface area contributed by atoms with E-state index in [-0.39, 0.29) is 18.0 Å². The topological polar surface area (TPSA) is 47.6 Å². The Morgan fingerprint density at radius 3 is 2.73 bits per heavy atom. The maximum Gasteiger partial charge on any atom is 0.234 e. The van der Waals surface area contributed by atoms with E-state index in [9.17, 15) is 4.79 Å². The van der Waals surface area contributed by atoms with Crippen molar-refractivity contribution in [1.29, 1.82) is 0 Å². The van der Waals surface area contributed by atoms with Crippen molar-refractivity contribution in [2.75, 3.05) is 17.9 Å². The van der Waals surface area contributed by atoms with Crippen LogP contribution in [0.4, 0.5) is 5.69 Å². The predicted octanol–water partition coefficient (Wildman–Crippen LogP) is 3.84. The van der Waals surface area contributed by atoms with Crippen LogP contribution < -0.4 is 14.8 Å². The smallest absolute Gasteiger partial charge is 0.234 e. The third-order valence-corrected chi connectivity index (χ3v) is 5.28. The van der Waals surface area contributed by atoms with Gasteiger partial charge in [0.25, 0.3) is 0 Å². The lowest BCUT2D eigenvalue weighted by molar-refractivity contribution is -0.113. The number of halogens is 1. The number of hydrogen-bond donors (Lipinski definition) is 1. The molecule has 2 heterocycles. The van der Waals surface area contributed by atoms with E-state index in [1.54, 1.807) is 11.8 Å². The largest absolute Gasteiger partial charge is 0.454 e. The molecule has 0 spiro atoms. The molecule has 112 valence electrons.